The molecule has 3 rings (SSSR count). The first-order valence-electron chi connectivity index (χ1n) is 9.30. The summed E-state index contributed by atoms with van der Waals surface area (Å²) in [5.41, 5.74) is 0.330. The number of nitrogens with zero attached hydrogens (tertiary/aromatic N) is 3. The fourth-order valence-electron chi connectivity index (χ4n) is 3.13. The number of nitrogens with one attached hydrogen (secondary N) is 3. The summed E-state index contributed by atoms with van der Waals surface area (Å²) in [6.45, 7) is 5.91. The summed E-state index contributed by atoms with van der Waals surface area (Å²) in [7, 11) is 0. The van der Waals surface area contributed by atoms with Crippen molar-refractivity contribution < 1.29 is 9.59 Å². The molecule has 28 heavy (non-hydrogen) atoms. The fraction of sp³-hybridized carbons (Fsp3) is 0.556. The Hall–Kier alpha value is -1.97. The standard InChI is InChI=1S/C18H26N6O2S.ClH/c1-12(2)10-15(17(26)22-18-20-7-9-27-18)21-16(25)14-5-8-24(23-14)13-4-3-6-19-11-13;/h5,7-9,12-13,15,19H,3-4,6,10-11H2,1-2H3,(H,21,25)(H,20,22,26);1H. The number of rotatable bonds is 7. The summed E-state index contributed by atoms with van der Waals surface area (Å²) in [5.74, 6) is -0.344. The highest BCUT2D eigenvalue weighted by atomic mass is 35.5. The van der Waals surface area contributed by atoms with E-state index in [0.29, 0.717) is 17.2 Å². The van der Waals surface area contributed by atoms with E-state index in [0.717, 1.165) is 25.9 Å². The van der Waals surface area contributed by atoms with Crippen LogP contribution in [0.3, 0.4) is 0 Å². The molecule has 10 heteroatoms. The zero-order valence-electron chi connectivity index (χ0n) is 16.1. The molecule has 154 valence electrons. The minimum Gasteiger partial charge on any atom is -0.339 e. The van der Waals surface area contributed by atoms with Crippen LogP contribution in [0.15, 0.2) is 23.8 Å². The minimum atomic E-state index is -0.636. The second-order valence-electron chi connectivity index (χ2n) is 7.16. The first-order valence-corrected chi connectivity index (χ1v) is 10.2. The van der Waals surface area contributed by atoms with Gasteiger partial charge in [0.05, 0.1) is 6.04 Å². The van der Waals surface area contributed by atoms with Crippen LogP contribution < -0.4 is 16.0 Å². The zero-order chi connectivity index (χ0) is 19.2. The summed E-state index contributed by atoms with van der Waals surface area (Å²) in [4.78, 5) is 29.3. The monoisotopic (exact) mass is 426 g/mol. The average molecular weight is 427 g/mol. The highest BCUT2D eigenvalue weighted by Gasteiger charge is 2.25. The lowest BCUT2D eigenvalue weighted by Crippen LogP contribution is -2.44. The lowest BCUT2D eigenvalue weighted by molar-refractivity contribution is -0.118. The number of aromatic nitrogens is 3. The second-order valence-corrected chi connectivity index (χ2v) is 8.06. The molecule has 1 fully saturated rings. The van der Waals surface area contributed by atoms with Gasteiger partial charge in [-0.1, -0.05) is 13.8 Å². The topological polar surface area (TPSA) is 101 Å². The van der Waals surface area contributed by atoms with E-state index in [2.05, 4.69) is 26.0 Å². The first-order chi connectivity index (χ1) is 13.0. The van der Waals surface area contributed by atoms with Crippen molar-refractivity contribution in [3.63, 3.8) is 0 Å². The maximum atomic E-state index is 12.6. The predicted molar refractivity (Wildman–Crippen MR) is 112 cm³/mol. The van der Waals surface area contributed by atoms with Gasteiger partial charge in [-0.05, 0) is 37.8 Å². The Morgan fingerprint density at radius 3 is 2.89 bits per heavy atom. The van der Waals surface area contributed by atoms with E-state index in [1.54, 1.807) is 17.6 Å². The third kappa shape index (κ3) is 6.02. The molecule has 8 nitrogen and oxygen atoms in total. The van der Waals surface area contributed by atoms with E-state index in [-0.39, 0.29) is 36.2 Å². The van der Waals surface area contributed by atoms with Gasteiger partial charge >= 0.3 is 0 Å². The van der Waals surface area contributed by atoms with Crippen LogP contribution in [0, 0.1) is 5.92 Å². The number of piperidine rings is 1. The van der Waals surface area contributed by atoms with Gasteiger partial charge in [0.2, 0.25) is 5.91 Å². The molecule has 0 spiro atoms. The molecule has 1 aliphatic heterocycles. The van der Waals surface area contributed by atoms with Crippen LogP contribution in [0.1, 0.15) is 49.6 Å². The highest BCUT2D eigenvalue weighted by Crippen LogP contribution is 2.16. The normalized spacial score (nSPS) is 17.6. The molecule has 3 N–H and O–H groups in total. The number of hydrogen-bond donors (Lipinski definition) is 3. The van der Waals surface area contributed by atoms with Crippen LogP contribution in [0.2, 0.25) is 0 Å². The SMILES string of the molecule is CC(C)CC(NC(=O)c1ccn(C2CCCNC2)n1)C(=O)Nc1nccs1.Cl. The van der Waals surface area contributed by atoms with E-state index < -0.39 is 6.04 Å². The molecule has 0 aliphatic carbocycles. The van der Waals surface area contributed by atoms with Crippen LogP contribution in [0.4, 0.5) is 5.13 Å². The number of carbonyl (C=O) groups excluding carboxylic acids is 2. The Labute approximate surface area is 174 Å². The number of thiazole rings is 1. The van der Waals surface area contributed by atoms with Crippen molar-refractivity contribution in [2.24, 2.45) is 5.92 Å². The Balaban J connectivity index is 0.00000280. The third-order valence-corrected chi connectivity index (χ3v) is 5.17. The molecule has 2 aromatic rings. The van der Waals surface area contributed by atoms with Crippen LogP contribution in [0.5, 0.6) is 0 Å². The van der Waals surface area contributed by atoms with Crippen LogP contribution >= 0.6 is 23.7 Å². The number of carbonyl (C=O) groups is 2. The van der Waals surface area contributed by atoms with E-state index >= 15 is 0 Å². The van der Waals surface area contributed by atoms with Crippen molar-refractivity contribution in [2.45, 2.75) is 45.2 Å². The molecule has 2 unspecified atom stereocenters. The van der Waals surface area contributed by atoms with Crippen molar-refractivity contribution in [1.82, 2.24) is 25.4 Å². The van der Waals surface area contributed by atoms with E-state index in [9.17, 15) is 9.59 Å². The maximum Gasteiger partial charge on any atom is 0.272 e. The molecule has 2 aromatic heterocycles. The lowest BCUT2D eigenvalue weighted by atomic mass is 10.0. The Bertz CT molecular complexity index is 758. The number of halogens is 1. The summed E-state index contributed by atoms with van der Waals surface area (Å²) in [5, 5.41) is 15.7. The number of amides is 2. The molecule has 3 heterocycles. The molecule has 2 atom stereocenters. The summed E-state index contributed by atoms with van der Waals surface area (Å²) < 4.78 is 1.84. The smallest absolute Gasteiger partial charge is 0.272 e. The molecule has 1 aliphatic rings. The zero-order valence-corrected chi connectivity index (χ0v) is 17.7. The van der Waals surface area contributed by atoms with Gasteiger partial charge in [-0.3, -0.25) is 14.3 Å². The van der Waals surface area contributed by atoms with Gasteiger partial charge in [0.15, 0.2) is 5.13 Å². The van der Waals surface area contributed by atoms with Gasteiger partial charge in [-0.15, -0.1) is 23.7 Å². The van der Waals surface area contributed by atoms with Crippen molar-refractivity contribution in [1.29, 1.82) is 0 Å². The van der Waals surface area contributed by atoms with Gasteiger partial charge in [-0.2, -0.15) is 5.10 Å². The van der Waals surface area contributed by atoms with Gasteiger partial charge in [0.25, 0.3) is 5.91 Å². The summed E-state index contributed by atoms with van der Waals surface area (Å²) >= 11 is 1.34. The van der Waals surface area contributed by atoms with Gasteiger partial charge in [0, 0.05) is 24.3 Å². The molecule has 1 saturated heterocycles. The first kappa shape index (κ1) is 22.3. The predicted octanol–water partition coefficient (Wildman–Crippen LogP) is 2.47. The minimum absolute atomic E-state index is 0. The molecule has 0 bridgehead atoms. The number of hydrogen-bond acceptors (Lipinski definition) is 6. The largest absolute Gasteiger partial charge is 0.339 e. The van der Waals surface area contributed by atoms with Crippen molar-refractivity contribution in [3.8, 4) is 0 Å². The van der Waals surface area contributed by atoms with Crippen molar-refractivity contribution >= 4 is 40.7 Å². The Morgan fingerprint density at radius 1 is 1.43 bits per heavy atom. The van der Waals surface area contributed by atoms with Crippen molar-refractivity contribution in [3.05, 3.63) is 29.5 Å². The molecular weight excluding hydrogens is 400 g/mol. The van der Waals surface area contributed by atoms with Crippen LogP contribution in [0.25, 0.3) is 0 Å². The number of anilines is 1. The summed E-state index contributed by atoms with van der Waals surface area (Å²) in [6.07, 6.45) is 6.14. The summed E-state index contributed by atoms with van der Waals surface area (Å²) in [6, 6.07) is 1.33. The van der Waals surface area contributed by atoms with Crippen molar-refractivity contribution in [2.75, 3.05) is 18.4 Å². The van der Waals surface area contributed by atoms with E-state index in [1.165, 1.54) is 11.3 Å². The second kappa shape index (κ2) is 10.5. The highest BCUT2D eigenvalue weighted by molar-refractivity contribution is 7.13. The van der Waals surface area contributed by atoms with Crippen LogP contribution in [-0.2, 0) is 4.79 Å². The van der Waals surface area contributed by atoms with E-state index in [1.807, 2.05) is 24.7 Å². The van der Waals surface area contributed by atoms with Gasteiger partial charge in [-0.25, -0.2) is 4.98 Å². The third-order valence-electron chi connectivity index (χ3n) is 4.48. The Morgan fingerprint density at radius 2 is 2.25 bits per heavy atom. The molecular formula is C18H27ClN6O2S. The Kier molecular flexibility index (Phi) is 8.40. The van der Waals surface area contributed by atoms with Gasteiger partial charge < -0.3 is 16.0 Å². The molecule has 0 radical (unpaired) electrons. The quantitative estimate of drug-likeness (QED) is 0.631. The maximum absolute atomic E-state index is 12.6. The molecule has 0 aromatic carbocycles. The van der Waals surface area contributed by atoms with Crippen LogP contribution in [-0.4, -0.2) is 45.7 Å². The molecule has 2 amide bonds. The lowest BCUT2D eigenvalue weighted by Gasteiger charge is -2.23. The molecule has 0 saturated carbocycles. The van der Waals surface area contributed by atoms with E-state index in [4.69, 9.17) is 0 Å². The van der Waals surface area contributed by atoms with Gasteiger partial charge in [0.1, 0.15) is 11.7 Å². The fourth-order valence-corrected chi connectivity index (χ4v) is 3.67. The average Bonchev–Trinajstić information content (AvgIpc) is 3.33.